The summed E-state index contributed by atoms with van der Waals surface area (Å²) in [5.41, 5.74) is 4.52. The van der Waals surface area contributed by atoms with Gasteiger partial charge in [0.1, 0.15) is 11.5 Å². The zero-order valence-corrected chi connectivity index (χ0v) is 21.0. The van der Waals surface area contributed by atoms with Gasteiger partial charge < -0.3 is 9.84 Å². The maximum atomic E-state index is 13.4. The summed E-state index contributed by atoms with van der Waals surface area (Å²) in [4.78, 5) is 28.3. The van der Waals surface area contributed by atoms with Gasteiger partial charge in [-0.2, -0.15) is 0 Å². The standard InChI is InChI=1S/C30H31NO4/c1-18-9-7-11-20(15-18)26-25(28(33)29(34)31(26)22-12-8-10-19(2)16-22)27(32)21-13-14-24(35-6)23(17-21)30(3,4)5/h7-17,26,32H,1-6H3/b27-25-. The Kier molecular flexibility index (Phi) is 6.28. The topological polar surface area (TPSA) is 66.8 Å². The second-order valence-corrected chi connectivity index (χ2v) is 10.1. The first-order chi connectivity index (χ1) is 16.5. The molecular formula is C30H31NO4. The fraction of sp³-hybridized carbons (Fsp3) is 0.267. The number of amides is 1. The van der Waals surface area contributed by atoms with Crippen LogP contribution in [0.4, 0.5) is 5.69 Å². The lowest BCUT2D eigenvalue weighted by molar-refractivity contribution is -0.132. The Morgan fingerprint density at radius 2 is 1.57 bits per heavy atom. The van der Waals surface area contributed by atoms with E-state index in [9.17, 15) is 14.7 Å². The Balaban J connectivity index is 1.97. The molecule has 4 rings (SSSR count). The summed E-state index contributed by atoms with van der Waals surface area (Å²) in [6.45, 7) is 10.1. The summed E-state index contributed by atoms with van der Waals surface area (Å²) < 4.78 is 5.53. The number of Topliss-reactive ketones (excluding diaryl/α,β-unsaturated/α-hetero) is 1. The van der Waals surface area contributed by atoms with Crippen molar-refractivity contribution in [1.29, 1.82) is 0 Å². The normalized spacial score (nSPS) is 17.7. The average molecular weight is 470 g/mol. The van der Waals surface area contributed by atoms with Crippen LogP contribution in [0.25, 0.3) is 5.76 Å². The number of nitrogens with zero attached hydrogens (tertiary/aromatic N) is 1. The minimum atomic E-state index is -0.753. The third-order valence-electron chi connectivity index (χ3n) is 6.36. The monoisotopic (exact) mass is 469 g/mol. The first-order valence-electron chi connectivity index (χ1n) is 11.7. The van der Waals surface area contributed by atoms with Crippen molar-refractivity contribution < 1.29 is 19.4 Å². The summed E-state index contributed by atoms with van der Waals surface area (Å²) in [6.07, 6.45) is 0. The Hall–Kier alpha value is -3.86. The Labute approximate surface area is 206 Å². The van der Waals surface area contributed by atoms with Crippen LogP contribution in [0.1, 0.15) is 54.6 Å². The highest BCUT2D eigenvalue weighted by atomic mass is 16.5. The molecule has 1 amide bonds. The number of rotatable bonds is 4. The van der Waals surface area contributed by atoms with E-state index in [1.165, 1.54) is 4.90 Å². The van der Waals surface area contributed by atoms with Crippen molar-refractivity contribution in [2.75, 3.05) is 12.0 Å². The molecule has 1 aliphatic rings. The highest BCUT2D eigenvalue weighted by Gasteiger charge is 2.47. The minimum absolute atomic E-state index is 0.0760. The van der Waals surface area contributed by atoms with E-state index in [0.29, 0.717) is 17.0 Å². The van der Waals surface area contributed by atoms with E-state index in [0.717, 1.165) is 22.3 Å². The van der Waals surface area contributed by atoms with Crippen LogP contribution in [0.3, 0.4) is 0 Å². The lowest BCUT2D eigenvalue weighted by Gasteiger charge is -2.26. The number of hydrogen-bond donors (Lipinski definition) is 1. The van der Waals surface area contributed by atoms with Crippen LogP contribution in [-0.4, -0.2) is 23.9 Å². The Morgan fingerprint density at radius 1 is 0.914 bits per heavy atom. The van der Waals surface area contributed by atoms with E-state index in [2.05, 4.69) is 20.8 Å². The van der Waals surface area contributed by atoms with E-state index in [-0.39, 0.29) is 16.7 Å². The molecule has 1 fully saturated rings. The number of aliphatic hydroxyl groups excluding tert-OH is 1. The van der Waals surface area contributed by atoms with Crippen molar-refractivity contribution in [3.05, 3.63) is 100 Å². The molecule has 0 saturated carbocycles. The van der Waals surface area contributed by atoms with E-state index < -0.39 is 17.7 Å². The molecule has 1 atom stereocenters. The maximum absolute atomic E-state index is 13.4. The Bertz CT molecular complexity index is 1350. The Morgan fingerprint density at radius 3 is 2.17 bits per heavy atom. The quantitative estimate of drug-likeness (QED) is 0.279. The molecule has 1 aliphatic heterocycles. The van der Waals surface area contributed by atoms with Gasteiger partial charge in [0.25, 0.3) is 11.7 Å². The van der Waals surface area contributed by atoms with Crippen molar-refractivity contribution >= 4 is 23.1 Å². The van der Waals surface area contributed by atoms with Crippen molar-refractivity contribution in [3.8, 4) is 5.75 Å². The summed E-state index contributed by atoms with van der Waals surface area (Å²) in [6, 6.07) is 19.8. The second kappa shape index (κ2) is 9.06. The number of ether oxygens (including phenoxy) is 1. The molecule has 0 spiro atoms. The van der Waals surface area contributed by atoms with Crippen LogP contribution in [-0.2, 0) is 15.0 Å². The number of anilines is 1. The molecule has 0 radical (unpaired) electrons. The molecule has 1 heterocycles. The molecule has 0 aromatic heterocycles. The van der Waals surface area contributed by atoms with Gasteiger partial charge in [-0.25, -0.2) is 0 Å². The third kappa shape index (κ3) is 4.46. The fourth-order valence-electron chi connectivity index (χ4n) is 4.63. The van der Waals surface area contributed by atoms with Gasteiger partial charge in [0.05, 0.1) is 18.7 Å². The summed E-state index contributed by atoms with van der Waals surface area (Å²) in [5, 5.41) is 11.5. The van der Waals surface area contributed by atoms with Crippen LogP contribution >= 0.6 is 0 Å². The molecule has 0 aliphatic carbocycles. The smallest absolute Gasteiger partial charge is 0.300 e. The molecule has 35 heavy (non-hydrogen) atoms. The number of benzene rings is 3. The lowest BCUT2D eigenvalue weighted by atomic mass is 9.84. The van der Waals surface area contributed by atoms with Gasteiger partial charge in [-0.1, -0.05) is 62.7 Å². The van der Waals surface area contributed by atoms with Gasteiger partial charge in [-0.05, 0) is 60.7 Å². The van der Waals surface area contributed by atoms with Crippen molar-refractivity contribution in [2.24, 2.45) is 0 Å². The number of methoxy groups -OCH3 is 1. The minimum Gasteiger partial charge on any atom is -0.507 e. The predicted octanol–water partition coefficient (Wildman–Crippen LogP) is 6.24. The molecule has 1 unspecified atom stereocenters. The summed E-state index contributed by atoms with van der Waals surface area (Å²) in [7, 11) is 1.61. The highest BCUT2D eigenvalue weighted by molar-refractivity contribution is 6.51. The van der Waals surface area contributed by atoms with Crippen LogP contribution in [0.5, 0.6) is 5.75 Å². The van der Waals surface area contributed by atoms with Gasteiger partial charge in [-0.15, -0.1) is 0 Å². The fourth-order valence-corrected chi connectivity index (χ4v) is 4.63. The number of carbonyl (C=O) groups excluding carboxylic acids is 2. The van der Waals surface area contributed by atoms with Gasteiger partial charge >= 0.3 is 0 Å². The molecule has 5 nitrogen and oxygen atoms in total. The van der Waals surface area contributed by atoms with Gasteiger partial charge in [-0.3, -0.25) is 14.5 Å². The molecule has 3 aromatic rings. The largest absolute Gasteiger partial charge is 0.507 e. The summed E-state index contributed by atoms with van der Waals surface area (Å²) in [5.74, 6) is -0.862. The molecular weight excluding hydrogens is 438 g/mol. The molecule has 3 aromatic carbocycles. The van der Waals surface area contributed by atoms with Gasteiger partial charge in [0.15, 0.2) is 0 Å². The predicted molar refractivity (Wildman–Crippen MR) is 139 cm³/mol. The number of aliphatic hydroxyl groups is 1. The van der Waals surface area contributed by atoms with E-state index in [1.807, 2.05) is 68.4 Å². The van der Waals surface area contributed by atoms with Gasteiger partial charge in [0, 0.05) is 16.8 Å². The molecule has 5 heteroatoms. The van der Waals surface area contributed by atoms with Crippen molar-refractivity contribution in [3.63, 3.8) is 0 Å². The number of carbonyl (C=O) groups is 2. The number of aryl methyl sites for hydroxylation is 2. The summed E-state index contributed by atoms with van der Waals surface area (Å²) >= 11 is 0. The van der Waals surface area contributed by atoms with Crippen LogP contribution in [0.2, 0.25) is 0 Å². The molecule has 180 valence electrons. The zero-order valence-electron chi connectivity index (χ0n) is 21.0. The van der Waals surface area contributed by atoms with Crippen LogP contribution < -0.4 is 9.64 Å². The van der Waals surface area contributed by atoms with E-state index in [4.69, 9.17) is 4.74 Å². The average Bonchev–Trinajstić information content (AvgIpc) is 3.08. The van der Waals surface area contributed by atoms with E-state index in [1.54, 1.807) is 19.2 Å². The van der Waals surface area contributed by atoms with Crippen LogP contribution in [0.15, 0.2) is 72.3 Å². The van der Waals surface area contributed by atoms with Crippen molar-refractivity contribution in [2.45, 2.75) is 46.1 Å². The zero-order chi connectivity index (χ0) is 25.5. The molecule has 0 bridgehead atoms. The SMILES string of the molecule is COc1ccc(/C(O)=C2/C(=O)C(=O)N(c3cccc(C)c3)C2c2cccc(C)c2)cc1C(C)(C)C. The highest BCUT2D eigenvalue weighted by Crippen LogP contribution is 2.43. The maximum Gasteiger partial charge on any atom is 0.300 e. The van der Waals surface area contributed by atoms with Crippen molar-refractivity contribution in [1.82, 2.24) is 0 Å². The second-order valence-electron chi connectivity index (χ2n) is 10.1. The lowest BCUT2D eigenvalue weighted by Crippen LogP contribution is -2.29. The number of hydrogen-bond acceptors (Lipinski definition) is 4. The van der Waals surface area contributed by atoms with E-state index >= 15 is 0 Å². The number of ketones is 1. The van der Waals surface area contributed by atoms with Crippen LogP contribution in [0, 0.1) is 13.8 Å². The molecule has 1 N–H and O–H groups in total. The first kappa shape index (κ1) is 24.3. The first-order valence-corrected chi connectivity index (χ1v) is 11.7. The molecule has 1 saturated heterocycles. The van der Waals surface area contributed by atoms with Gasteiger partial charge in [0.2, 0.25) is 0 Å². The third-order valence-corrected chi connectivity index (χ3v) is 6.36.